The zero-order valence-corrected chi connectivity index (χ0v) is 21.8. The van der Waals surface area contributed by atoms with Gasteiger partial charge in [-0.15, -0.1) is 0 Å². The first-order valence-corrected chi connectivity index (χ1v) is 11.9. The van der Waals surface area contributed by atoms with Gasteiger partial charge >= 0.3 is 0 Å². The fourth-order valence-electron chi connectivity index (χ4n) is 2.94. The summed E-state index contributed by atoms with van der Waals surface area (Å²) in [5, 5.41) is 9.72. The summed E-state index contributed by atoms with van der Waals surface area (Å²) in [4.78, 5) is 15.0. The van der Waals surface area contributed by atoms with Gasteiger partial charge in [0.05, 0.1) is 0 Å². The van der Waals surface area contributed by atoms with Crippen molar-refractivity contribution >= 4 is 17.2 Å². The summed E-state index contributed by atoms with van der Waals surface area (Å²) in [5.74, 6) is 0.737. The quantitative estimate of drug-likeness (QED) is 0.410. The average Bonchev–Trinajstić information content (AvgIpc) is 2.73. The molecule has 0 bridgehead atoms. The number of ketones is 1. The van der Waals surface area contributed by atoms with Crippen molar-refractivity contribution in [2.75, 3.05) is 13.3 Å². The fraction of sp³-hybridized carbons (Fsp3) is 0.704. The molecule has 0 aliphatic heterocycles. The Morgan fingerprint density at radius 2 is 1.64 bits per heavy atom. The minimum Gasteiger partial charge on any atom is -0.380 e. The third-order valence-corrected chi connectivity index (χ3v) is 5.56. The van der Waals surface area contributed by atoms with Gasteiger partial charge < -0.3 is 5.11 Å². The molecule has 0 aromatic heterocycles. The Hall–Kier alpha value is -1.69. The molecule has 0 heterocycles. The Labute approximate surface area is 198 Å². The Morgan fingerprint density at radius 1 is 1.12 bits per heavy atom. The molecule has 1 fully saturated rings. The van der Waals surface area contributed by atoms with Crippen LogP contribution in [0.5, 0.6) is 0 Å². The molecule has 1 aromatic carbocycles. The first-order chi connectivity index (χ1) is 15.2. The number of aliphatic hydroxyl groups is 1. The van der Waals surface area contributed by atoms with Gasteiger partial charge in [-0.1, -0.05) is 66.9 Å². The van der Waals surface area contributed by atoms with Crippen molar-refractivity contribution in [3.05, 3.63) is 29.1 Å². The first-order valence-electron chi connectivity index (χ1n) is 11.9. The number of benzene rings is 1. The lowest BCUT2D eigenvalue weighted by atomic mass is 9.88. The van der Waals surface area contributed by atoms with Gasteiger partial charge in [-0.2, -0.15) is 0 Å². The third-order valence-electron chi connectivity index (χ3n) is 5.56. The maximum atomic E-state index is 13.9. The maximum Gasteiger partial charge on any atom is 0.149 e. The number of hydrogen-bond acceptors (Lipinski definition) is 3. The molecular weight excluding hydrogens is 427 g/mol. The molecule has 1 aliphatic rings. The van der Waals surface area contributed by atoms with Crippen molar-refractivity contribution in [2.45, 2.75) is 99.5 Å². The summed E-state index contributed by atoms with van der Waals surface area (Å²) in [5.41, 5.74) is -0.895. The molecule has 6 heteroatoms. The number of halogens is 3. The van der Waals surface area contributed by atoms with E-state index in [1.54, 1.807) is 13.8 Å². The molecule has 3 nitrogen and oxygen atoms in total. The van der Waals surface area contributed by atoms with Crippen LogP contribution >= 0.6 is 0 Å². The molecule has 190 valence electrons. The van der Waals surface area contributed by atoms with E-state index in [2.05, 4.69) is 32.7 Å². The number of carbonyl (C=O) groups is 1. The van der Waals surface area contributed by atoms with Crippen molar-refractivity contribution in [1.82, 2.24) is 0 Å². The third kappa shape index (κ3) is 11.8. The summed E-state index contributed by atoms with van der Waals surface area (Å²) in [6.45, 7) is 13.1. The smallest absolute Gasteiger partial charge is 0.149 e. The second-order valence-electron chi connectivity index (χ2n) is 10.3. The van der Waals surface area contributed by atoms with Gasteiger partial charge in [0.1, 0.15) is 36.2 Å². The van der Waals surface area contributed by atoms with Crippen LogP contribution < -0.4 is 0 Å². The Morgan fingerprint density at radius 3 is 1.91 bits per heavy atom. The van der Waals surface area contributed by atoms with Crippen molar-refractivity contribution in [3.63, 3.8) is 0 Å². The van der Waals surface area contributed by atoms with Crippen molar-refractivity contribution < 1.29 is 23.1 Å². The molecule has 0 atom stereocenters. The van der Waals surface area contributed by atoms with Crippen LogP contribution in [0.4, 0.5) is 18.9 Å². The zero-order valence-electron chi connectivity index (χ0n) is 21.8. The molecule has 1 aliphatic carbocycles. The molecule has 0 saturated heterocycles. The molecule has 2 rings (SSSR count). The molecule has 1 N–H and O–H groups in total. The van der Waals surface area contributed by atoms with Crippen LogP contribution in [0, 0.1) is 24.1 Å². The van der Waals surface area contributed by atoms with Gasteiger partial charge in [-0.05, 0) is 48.8 Å². The van der Waals surface area contributed by atoms with E-state index < -0.39 is 24.8 Å². The second kappa shape index (κ2) is 14.5. The summed E-state index contributed by atoms with van der Waals surface area (Å²) in [6.07, 6.45) is 6.53. The van der Waals surface area contributed by atoms with Crippen molar-refractivity contribution in [2.24, 2.45) is 16.3 Å². The standard InChI is InChI=1S/C14H18F3NO.C8H16O.C5H10/c1-4-10(3)18-13-9(2)5-11(6-12(13)17)14(19,7-15)8-16;1-5-7(9)6-8(2,3)4;1-5-3-2-4-5/h5-6,19H,4,7-8H2,1-3H3;5-6H2,1-4H3;5H,2-4H2,1H3. The number of hydrogen-bond donors (Lipinski definition) is 1. The molecule has 0 unspecified atom stereocenters. The molecule has 0 spiro atoms. The van der Waals surface area contributed by atoms with E-state index in [1.165, 1.54) is 25.3 Å². The topological polar surface area (TPSA) is 49.7 Å². The van der Waals surface area contributed by atoms with E-state index in [0.29, 0.717) is 30.6 Å². The Kier molecular flexibility index (Phi) is 13.8. The number of nitrogens with zero attached hydrogens (tertiary/aromatic N) is 1. The first kappa shape index (κ1) is 31.3. The summed E-state index contributed by atoms with van der Waals surface area (Å²) < 4.78 is 39.4. The highest BCUT2D eigenvalue weighted by Gasteiger charge is 2.31. The molecular formula is C27H44F3NO2. The lowest BCUT2D eigenvalue weighted by Gasteiger charge is -2.22. The highest BCUT2D eigenvalue weighted by Crippen LogP contribution is 2.31. The van der Waals surface area contributed by atoms with E-state index in [1.807, 2.05) is 13.8 Å². The molecule has 1 aromatic rings. The number of alkyl halides is 2. The summed E-state index contributed by atoms with van der Waals surface area (Å²) >= 11 is 0. The van der Waals surface area contributed by atoms with Crippen molar-refractivity contribution in [1.29, 1.82) is 0 Å². The Bertz CT molecular complexity index is 738. The number of carbonyl (C=O) groups excluding carboxylic acids is 1. The van der Waals surface area contributed by atoms with E-state index in [-0.39, 0.29) is 16.7 Å². The van der Waals surface area contributed by atoms with Gasteiger partial charge in [-0.3, -0.25) is 9.79 Å². The van der Waals surface area contributed by atoms with E-state index in [9.17, 15) is 23.1 Å². The molecule has 33 heavy (non-hydrogen) atoms. The highest BCUT2D eigenvalue weighted by atomic mass is 19.1. The van der Waals surface area contributed by atoms with Gasteiger partial charge in [-0.25, -0.2) is 13.2 Å². The van der Waals surface area contributed by atoms with Gasteiger partial charge in [0.2, 0.25) is 0 Å². The van der Waals surface area contributed by atoms with Gasteiger partial charge in [0.25, 0.3) is 0 Å². The average molecular weight is 472 g/mol. The van der Waals surface area contributed by atoms with E-state index in [0.717, 1.165) is 17.7 Å². The predicted molar refractivity (Wildman–Crippen MR) is 132 cm³/mol. The van der Waals surface area contributed by atoms with Crippen molar-refractivity contribution in [3.8, 4) is 0 Å². The lowest BCUT2D eigenvalue weighted by molar-refractivity contribution is -0.120. The highest BCUT2D eigenvalue weighted by molar-refractivity contribution is 5.84. The number of aliphatic imine (C=N–C) groups is 1. The Balaban J connectivity index is 0.000000598. The lowest BCUT2D eigenvalue weighted by Crippen LogP contribution is -2.31. The van der Waals surface area contributed by atoms with Gasteiger partial charge in [0.15, 0.2) is 0 Å². The normalized spacial score (nSPS) is 14.5. The largest absolute Gasteiger partial charge is 0.380 e. The second-order valence-corrected chi connectivity index (χ2v) is 10.3. The van der Waals surface area contributed by atoms with Crippen LogP contribution in [0.2, 0.25) is 0 Å². The minimum atomic E-state index is -2.28. The summed E-state index contributed by atoms with van der Waals surface area (Å²) in [6, 6.07) is 2.30. The maximum absolute atomic E-state index is 13.9. The van der Waals surface area contributed by atoms with E-state index >= 15 is 0 Å². The zero-order chi connectivity index (χ0) is 25.8. The predicted octanol–water partition coefficient (Wildman–Crippen LogP) is 7.97. The van der Waals surface area contributed by atoms with Crippen LogP contribution in [0.15, 0.2) is 17.1 Å². The summed E-state index contributed by atoms with van der Waals surface area (Å²) in [7, 11) is 0. The number of rotatable bonds is 7. The molecule has 0 amide bonds. The molecule has 1 saturated carbocycles. The number of aryl methyl sites for hydroxylation is 1. The van der Waals surface area contributed by atoms with Crippen LogP contribution in [0.25, 0.3) is 0 Å². The minimum absolute atomic E-state index is 0.111. The monoisotopic (exact) mass is 471 g/mol. The van der Waals surface area contributed by atoms with Gasteiger partial charge in [0, 0.05) is 18.6 Å². The van der Waals surface area contributed by atoms with E-state index in [4.69, 9.17) is 0 Å². The number of Topliss-reactive ketones (excluding diaryl/α,β-unsaturated/α-hetero) is 1. The fourth-order valence-corrected chi connectivity index (χ4v) is 2.94. The van der Waals surface area contributed by atoms with Crippen LogP contribution in [0.1, 0.15) is 98.1 Å². The van der Waals surface area contributed by atoms with Crippen LogP contribution in [-0.2, 0) is 10.4 Å². The van der Waals surface area contributed by atoms with Crippen LogP contribution in [-0.4, -0.2) is 30.0 Å². The molecule has 0 radical (unpaired) electrons. The van der Waals surface area contributed by atoms with Crippen LogP contribution in [0.3, 0.4) is 0 Å². The SMILES string of the molecule is CC1CCC1.CCC(=O)CC(C)(C)C.CCC(C)=Nc1c(C)cc(C(O)(CF)CF)cc1F.